The van der Waals surface area contributed by atoms with Gasteiger partial charge in [-0.05, 0) is 26.2 Å². The van der Waals surface area contributed by atoms with E-state index in [2.05, 4.69) is 38.7 Å². The van der Waals surface area contributed by atoms with Crippen molar-refractivity contribution < 1.29 is 0 Å². The molecule has 0 spiro atoms. The third kappa shape index (κ3) is 5.20. The Kier molecular flexibility index (Phi) is 6.18. The van der Waals surface area contributed by atoms with Gasteiger partial charge in [0.15, 0.2) is 0 Å². The molecule has 1 aliphatic rings. The van der Waals surface area contributed by atoms with Gasteiger partial charge in [-0.3, -0.25) is 4.99 Å². The number of allylic oxidation sites excluding steroid dienone is 2. The first-order valence-corrected chi connectivity index (χ1v) is 10.8. The molecule has 98 valence electrons. The molecule has 0 aromatic carbocycles. The lowest BCUT2D eigenvalue weighted by Gasteiger charge is -2.28. The molecule has 1 nitrogen and oxygen atoms in total. The summed E-state index contributed by atoms with van der Waals surface area (Å²) in [6.45, 7) is 10.6. The third-order valence-corrected chi connectivity index (χ3v) is 5.97. The van der Waals surface area contributed by atoms with Gasteiger partial charge in [0, 0.05) is 17.8 Å². The summed E-state index contributed by atoms with van der Waals surface area (Å²) in [5.74, 6) is 0. The predicted octanol–water partition coefficient (Wildman–Crippen LogP) is 5.07. The Bertz CT molecular complexity index is 273. The van der Waals surface area contributed by atoms with Gasteiger partial charge in [-0.25, -0.2) is 0 Å². The lowest BCUT2D eigenvalue weighted by Crippen LogP contribution is -2.32. The van der Waals surface area contributed by atoms with Crippen molar-refractivity contribution in [3.63, 3.8) is 0 Å². The normalized spacial score (nSPS) is 21.5. The lowest BCUT2D eigenvalue weighted by atomic mass is 10.1. The molecule has 0 N–H and O–H groups in total. The van der Waals surface area contributed by atoms with E-state index in [0.29, 0.717) is 5.54 Å². The molecule has 2 heteroatoms. The second-order valence-electron chi connectivity index (χ2n) is 6.26. The minimum atomic E-state index is -1.17. The van der Waals surface area contributed by atoms with Gasteiger partial charge in [0.1, 0.15) is 0 Å². The highest BCUT2D eigenvalue weighted by molar-refractivity contribution is 6.81. The number of hydrogen-bond acceptors (Lipinski definition) is 1. The lowest BCUT2D eigenvalue weighted by molar-refractivity contribution is 0.639. The van der Waals surface area contributed by atoms with Crippen molar-refractivity contribution in [3.8, 4) is 0 Å². The molecule has 0 saturated carbocycles. The molecular formula is C15H29NSi. The highest BCUT2D eigenvalue weighted by atomic mass is 28.3. The highest BCUT2D eigenvalue weighted by Gasteiger charge is 2.28. The summed E-state index contributed by atoms with van der Waals surface area (Å²) in [6, 6.07) is 0. The van der Waals surface area contributed by atoms with Crippen LogP contribution in [-0.4, -0.2) is 20.3 Å². The molecule has 0 saturated heterocycles. The summed E-state index contributed by atoms with van der Waals surface area (Å²) in [7, 11) is -1.17. The van der Waals surface area contributed by atoms with E-state index >= 15 is 0 Å². The fourth-order valence-electron chi connectivity index (χ4n) is 2.60. The van der Waals surface area contributed by atoms with E-state index in [0.717, 1.165) is 6.54 Å². The summed E-state index contributed by atoms with van der Waals surface area (Å²) < 4.78 is 0. The van der Waals surface area contributed by atoms with E-state index in [9.17, 15) is 0 Å². The molecule has 17 heavy (non-hydrogen) atoms. The summed E-state index contributed by atoms with van der Waals surface area (Å²) in [6.07, 6.45) is 12.7. The molecule has 1 heterocycles. The minimum Gasteiger partial charge on any atom is -0.294 e. The van der Waals surface area contributed by atoms with Gasteiger partial charge >= 0.3 is 0 Å². The highest BCUT2D eigenvalue weighted by Crippen LogP contribution is 2.28. The first-order chi connectivity index (χ1) is 8.05. The molecule has 0 aromatic heterocycles. The van der Waals surface area contributed by atoms with Crippen LogP contribution in [0.3, 0.4) is 0 Å². The van der Waals surface area contributed by atoms with Crippen LogP contribution >= 0.6 is 0 Å². The van der Waals surface area contributed by atoms with Crippen molar-refractivity contribution in [2.24, 2.45) is 4.99 Å². The van der Waals surface area contributed by atoms with Crippen molar-refractivity contribution >= 4 is 13.8 Å². The predicted molar refractivity (Wildman–Crippen MR) is 81.9 cm³/mol. The van der Waals surface area contributed by atoms with E-state index in [-0.39, 0.29) is 0 Å². The SMILES string of the molecule is C/C=C/C(C1=NCCCCCCC1)[Si](C)(C)C. The van der Waals surface area contributed by atoms with Gasteiger partial charge in [-0.2, -0.15) is 0 Å². The molecule has 1 unspecified atom stereocenters. The first kappa shape index (κ1) is 14.7. The Morgan fingerprint density at radius 1 is 1.06 bits per heavy atom. The van der Waals surface area contributed by atoms with Crippen molar-refractivity contribution in [1.82, 2.24) is 0 Å². The van der Waals surface area contributed by atoms with Crippen LogP contribution in [0.2, 0.25) is 25.2 Å². The van der Waals surface area contributed by atoms with E-state index < -0.39 is 8.07 Å². The van der Waals surface area contributed by atoms with E-state index in [1.165, 1.54) is 44.2 Å². The Hall–Kier alpha value is -0.373. The van der Waals surface area contributed by atoms with Crippen LogP contribution in [0, 0.1) is 0 Å². The van der Waals surface area contributed by atoms with Crippen molar-refractivity contribution in [1.29, 1.82) is 0 Å². The Morgan fingerprint density at radius 3 is 2.35 bits per heavy atom. The van der Waals surface area contributed by atoms with Gasteiger partial charge in [-0.1, -0.05) is 51.1 Å². The maximum Gasteiger partial charge on any atom is 0.0581 e. The molecule has 0 fully saturated rings. The zero-order chi connectivity index (χ0) is 12.7. The van der Waals surface area contributed by atoms with Crippen LogP contribution < -0.4 is 0 Å². The van der Waals surface area contributed by atoms with E-state index in [1.54, 1.807) is 0 Å². The second-order valence-corrected chi connectivity index (χ2v) is 11.6. The maximum atomic E-state index is 4.93. The van der Waals surface area contributed by atoms with Crippen LogP contribution in [0.15, 0.2) is 17.1 Å². The Balaban J connectivity index is 2.82. The van der Waals surface area contributed by atoms with Crippen LogP contribution in [0.4, 0.5) is 0 Å². The van der Waals surface area contributed by atoms with Crippen molar-refractivity contribution in [2.45, 2.75) is 70.6 Å². The van der Waals surface area contributed by atoms with E-state index in [1.807, 2.05) is 0 Å². The zero-order valence-electron chi connectivity index (χ0n) is 12.1. The van der Waals surface area contributed by atoms with Gasteiger partial charge < -0.3 is 0 Å². The van der Waals surface area contributed by atoms with Crippen LogP contribution in [0.5, 0.6) is 0 Å². The molecule has 0 amide bonds. The number of rotatable bonds is 3. The fourth-order valence-corrected chi connectivity index (χ4v) is 4.60. The monoisotopic (exact) mass is 251 g/mol. The smallest absolute Gasteiger partial charge is 0.0581 e. The van der Waals surface area contributed by atoms with Crippen LogP contribution in [0.25, 0.3) is 0 Å². The summed E-state index contributed by atoms with van der Waals surface area (Å²) >= 11 is 0. The van der Waals surface area contributed by atoms with Crippen molar-refractivity contribution in [3.05, 3.63) is 12.2 Å². The Morgan fingerprint density at radius 2 is 1.71 bits per heavy atom. The molecule has 0 aliphatic carbocycles. The largest absolute Gasteiger partial charge is 0.294 e. The number of hydrogen-bond donors (Lipinski definition) is 0. The topological polar surface area (TPSA) is 12.4 Å². The van der Waals surface area contributed by atoms with E-state index in [4.69, 9.17) is 4.99 Å². The molecular weight excluding hydrogens is 222 g/mol. The van der Waals surface area contributed by atoms with Gasteiger partial charge in [0.05, 0.1) is 8.07 Å². The molecule has 0 bridgehead atoms. The third-order valence-electron chi connectivity index (χ3n) is 3.58. The van der Waals surface area contributed by atoms with Gasteiger partial charge in [0.2, 0.25) is 0 Å². The average molecular weight is 251 g/mol. The second kappa shape index (κ2) is 7.15. The summed E-state index contributed by atoms with van der Waals surface area (Å²) in [5.41, 5.74) is 2.16. The standard InChI is InChI=1S/C15H29NSi/c1-5-11-15(17(2,3)4)14-12-9-7-6-8-10-13-16-14/h5,11,15H,6-10,12-13H2,1-4H3/b11-5+,16-14?. The van der Waals surface area contributed by atoms with Gasteiger partial charge in [0.25, 0.3) is 0 Å². The molecule has 1 rings (SSSR count). The fraction of sp³-hybridized carbons (Fsp3) is 0.800. The minimum absolute atomic E-state index is 0.658. The van der Waals surface area contributed by atoms with Gasteiger partial charge in [-0.15, -0.1) is 0 Å². The first-order valence-electron chi connectivity index (χ1n) is 7.21. The van der Waals surface area contributed by atoms with Crippen LogP contribution in [0.1, 0.15) is 45.4 Å². The molecule has 1 atom stereocenters. The molecule has 1 aliphatic heterocycles. The number of aliphatic imine (C=N–C) groups is 1. The van der Waals surface area contributed by atoms with Crippen molar-refractivity contribution in [2.75, 3.05) is 6.54 Å². The zero-order valence-corrected chi connectivity index (χ0v) is 13.1. The Labute approximate surface area is 108 Å². The quantitative estimate of drug-likeness (QED) is 0.491. The average Bonchev–Trinajstić information content (AvgIpc) is 2.37. The van der Waals surface area contributed by atoms with Crippen LogP contribution in [-0.2, 0) is 0 Å². The molecule has 0 radical (unpaired) electrons. The molecule has 0 aromatic rings. The summed E-state index contributed by atoms with van der Waals surface area (Å²) in [4.78, 5) is 4.93. The summed E-state index contributed by atoms with van der Waals surface area (Å²) in [5, 5.41) is 0. The number of nitrogens with zero attached hydrogens (tertiary/aromatic N) is 1. The maximum absolute atomic E-state index is 4.93.